The van der Waals surface area contributed by atoms with Crippen molar-refractivity contribution in [3.05, 3.63) is 16.4 Å². The van der Waals surface area contributed by atoms with Crippen LogP contribution < -0.4 is 5.32 Å². The van der Waals surface area contributed by atoms with Crippen molar-refractivity contribution in [2.45, 2.75) is 65.5 Å². The third-order valence-corrected chi connectivity index (χ3v) is 5.24. The van der Waals surface area contributed by atoms with Crippen LogP contribution in [0.3, 0.4) is 0 Å². The number of hydrogen-bond acceptors (Lipinski definition) is 2. The Morgan fingerprint density at radius 3 is 2.70 bits per heavy atom. The number of nitrogens with one attached hydrogen (secondary N) is 1. The van der Waals surface area contributed by atoms with Gasteiger partial charge in [0.15, 0.2) is 0 Å². The Kier molecular flexibility index (Phi) is 5.67. The van der Waals surface area contributed by atoms with Crippen molar-refractivity contribution in [1.82, 2.24) is 15.1 Å². The van der Waals surface area contributed by atoms with Crippen molar-refractivity contribution in [3.63, 3.8) is 0 Å². The number of rotatable bonds is 6. The quantitative estimate of drug-likeness (QED) is 0.812. The van der Waals surface area contributed by atoms with Gasteiger partial charge in [-0.1, -0.05) is 26.7 Å². The Morgan fingerprint density at radius 1 is 1.40 bits per heavy atom. The molecule has 3 unspecified atom stereocenters. The lowest BCUT2D eigenvalue weighted by Gasteiger charge is -2.27. The summed E-state index contributed by atoms with van der Waals surface area (Å²) in [6.07, 6.45) is 7.35. The van der Waals surface area contributed by atoms with E-state index in [0.717, 1.165) is 22.9 Å². The SMILES string of the molecule is CCNC(c1c(Br)cnn1C(C)C)C1CCC(CC)C1. The van der Waals surface area contributed by atoms with Crippen molar-refractivity contribution < 1.29 is 0 Å². The molecule has 0 aromatic carbocycles. The number of halogens is 1. The fraction of sp³-hybridized carbons (Fsp3) is 0.812. The zero-order chi connectivity index (χ0) is 14.7. The van der Waals surface area contributed by atoms with E-state index in [9.17, 15) is 0 Å². The van der Waals surface area contributed by atoms with E-state index in [4.69, 9.17) is 0 Å². The van der Waals surface area contributed by atoms with Crippen molar-refractivity contribution in [2.24, 2.45) is 11.8 Å². The van der Waals surface area contributed by atoms with Gasteiger partial charge in [-0.3, -0.25) is 4.68 Å². The van der Waals surface area contributed by atoms with Crippen LogP contribution in [0, 0.1) is 11.8 Å². The van der Waals surface area contributed by atoms with Crippen molar-refractivity contribution >= 4 is 15.9 Å². The molecule has 3 nitrogen and oxygen atoms in total. The average molecular weight is 342 g/mol. The van der Waals surface area contributed by atoms with Crippen LogP contribution >= 0.6 is 15.9 Å². The third kappa shape index (κ3) is 3.28. The van der Waals surface area contributed by atoms with Gasteiger partial charge >= 0.3 is 0 Å². The molecular weight excluding hydrogens is 314 g/mol. The molecule has 0 bridgehead atoms. The largest absolute Gasteiger partial charge is 0.309 e. The third-order valence-electron chi connectivity index (χ3n) is 4.63. The number of nitrogens with zero attached hydrogens (tertiary/aromatic N) is 2. The van der Waals surface area contributed by atoms with Crippen LogP contribution in [-0.4, -0.2) is 16.3 Å². The molecule has 2 rings (SSSR count). The van der Waals surface area contributed by atoms with Gasteiger partial charge < -0.3 is 5.32 Å². The molecule has 0 aliphatic heterocycles. The Balaban J connectivity index is 2.27. The first-order chi connectivity index (χ1) is 9.58. The molecular formula is C16H28BrN3. The molecule has 1 fully saturated rings. The van der Waals surface area contributed by atoms with Gasteiger partial charge in [-0.25, -0.2) is 0 Å². The maximum absolute atomic E-state index is 4.56. The van der Waals surface area contributed by atoms with Crippen LogP contribution in [0.1, 0.15) is 71.2 Å². The molecule has 1 aromatic heterocycles. The molecule has 1 aliphatic rings. The minimum absolute atomic E-state index is 0.404. The van der Waals surface area contributed by atoms with Crippen LogP contribution in [0.2, 0.25) is 0 Å². The number of hydrogen-bond donors (Lipinski definition) is 1. The van der Waals surface area contributed by atoms with Crippen LogP contribution in [0.25, 0.3) is 0 Å². The topological polar surface area (TPSA) is 29.9 Å². The van der Waals surface area contributed by atoms with Crippen molar-refractivity contribution in [1.29, 1.82) is 0 Å². The van der Waals surface area contributed by atoms with Crippen molar-refractivity contribution in [2.75, 3.05) is 6.54 Å². The van der Waals surface area contributed by atoms with Gasteiger partial charge in [-0.15, -0.1) is 0 Å². The maximum Gasteiger partial charge on any atom is 0.0701 e. The normalized spacial score (nSPS) is 24.5. The second-order valence-electron chi connectivity index (χ2n) is 6.30. The van der Waals surface area contributed by atoms with E-state index in [1.807, 2.05) is 6.20 Å². The summed E-state index contributed by atoms with van der Waals surface area (Å²) in [5.41, 5.74) is 1.34. The number of aromatic nitrogens is 2. The molecule has 114 valence electrons. The van der Waals surface area contributed by atoms with Gasteiger partial charge in [0.1, 0.15) is 0 Å². The smallest absolute Gasteiger partial charge is 0.0701 e. The van der Waals surface area contributed by atoms with Crippen molar-refractivity contribution in [3.8, 4) is 0 Å². The van der Waals surface area contributed by atoms with Gasteiger partial charge in [-0.2, -0.15) is 5.10 Å². The molecule has 3 atom stereocenters. The Hall–Kier alpha value is -0.350. The highest BCUT2D eigenvalue weighted by atomic mass is 79.9. The Bertz CT molecular complexity index is 427. The van der Waals surface area contributed by atoms with E-state index < -0.39 is 0 Å². The van der Waals surface area contributed by atoms with E-state index in [1.165, 1.54) is 31.4 Å². The Morgan fingerprint density at radius 2 is 2.15 bits per heavy atom. The standard InChI is InChI=1S/C16H28BrN3/c1-5-12-7-8-13(9-12)15(18-6-2)16-14(17)10-19-20(16)11(3)4/h10-13,15,18H,5-9H2,1-4H3. The minimum Gasteiger partial charge on any atom is -0.309 e. The molecule has 4 heteroatoms. The fourth-order valence-corrected chi connectivity index (χ4v) is 4.07. The Labute approximate surface area is 131 Å². The summed E-state index contributed by atoms with van der Waals surface area (Å²) in [5, 5.41) is 8.28. The van der Waals surface area contributed by atoms with Crippen LogP contribution in [0.4, 0.5) is 0 Å². The van der Waals surface area contributed by atoms with Crippen LogP contribution in [0.5, 0.6) is 0 Å². The lowest BCUT2D eigenvalue weighted by molar-refractivity contribution is 0.331. The second-order valence-corrected chi connectivity index (χ2v) is 7.15. The lowest BCUT2D eigenvalue weighted by atomic mass is 9.93. The van der Waals surface area contributed by atoms with E-state index in [-0.39, 0.29) is 0 Å². The molecule has 0 radical (unpaired) electrons. The zero-order valence-corrected chi connectivity index (χ0v) is 14.8. The summed E-state index contributed by atoms with van der Waals surface area (Å²) in [6, 6.07) is 0.830. The first-order valence-corrected chi connectivity index (χ1v) is 8.84. The fourth-order valence-electron chi connectivity index (χ4n) is 3.55. The molecule has 1 N–H and O–H groups in total. The van der Waals surface area contributed by atoms with Gasteiger partial charge in [0.25, 0.3) is 0 Å². The zero-order valence-electron chi connectivity index (χ0n) is 13.2. The summed E-state index contributed by atoms with van der Waals surface area (Å²) in [6.45, 7) is 9.94. The highest BCUT2D eigenvalue weighted by Gasteiger charge is 2.33. The molecule has 1 aromatic rings. The van der Waals surface area contributed by atoms with Crippen LogP contribution in [0.15, 0.2) is 10.7 Å². The monoisotopic (exact) mass is 341 g/mol. The van der Waals surface area contributed by atoms with Gasteiger partial charge in [-0.05, 0) is 61.0 Å². The molecule has 0 saturated heterocycles. The summed E-state index contributed by atoms with van der Waals surface area (Å²) >= 11 is 3.71. The molecule has 0 amide bonds. The van der Waals surface area contributed by atoms with Gasteiger partial charge in [0.05, 0.1) is 22.4 Å². The van der Waals surface area contributed by atoms with E-state index in [2.05, 4.69) is 58.7 Å². The highest BCUT2D eigenvalue weighted by Crippen LogP contribution is 2.42. The van der Waals surface area contributed by atoms with Gasteiger partial charge in [0.2, 0.25) is 0 Å². The van der Waals surface area contributed by atoms with E-state index in [1.54, 1.807) is 0 Å². The molecule has 1 aliphatic carbocycles. The maximum atomic E-state index is 4.56. The summed E-state index contributed by atoms with van der Waals surface area (Å²) in [4.78, 5) is 0. The minimum atomic E-state index is 0.404. The summed E-state index contributed by atoms with van der Waals surface area (Å²) in [5.74, 6) is 1.65. The predicted octanol–water partition coefficient (Wildman–Crippen LogP) is 4.70. The molecule has 1 saturated carbocycles. The molecule has 20 heavy (non-hydrogen) atoms. The van der Waals surface area contributed by atoms with E-state index in [0.29, 0.717) is 12.1 Å². The molecule has 0 spiro atoms. The summed E-state index contributed by atoms with van der Waals surface area (Å²) < 4.78 is 3.33. The predicted molar refractivity (Wildman–Crippen MR) is 87.9 cm³/mol. The highest BCUT2D eigenvalue weighted by molar-refractivity contribution is 9.10. The second kappa shape index (κ2) is 7.08. The molecule has 1 heterocycles. The van der Waals surface area contributed by atoms with E-state index >= 15 is 0 Å². The van der Waals surface area contributed by atoms with Crippen LogP contribution in [-0.2, 0) is 0 Å². The summed E-state index contributed by atoms with van der Waals surface area (Å²) in [7, 11) is 0. The van der Waals surface area contributed by atoms with Gasteiger partial charge in [0, 0.05) is 6.04 Å². The first kappa shape index (κ1) is 16.0. The lowest BCUT2D eigenvalue weighted by Crippen LogP contribution is -2.30. The first-order valence-electron chi connectivity index (χ1n) is 8.04. The average Bonchev–Trinajstić information content (AvgIpc) is 3.02.